The number of nitrogens with zero attached hydrogens (tertiary/aromatic N) is 3. The van der Waals surface area contributed by atoms with Crippen molar-refractivity contribution >= 4 is 5.91 Å². The fourth-order valence-corrected chi connectivity index (χ4v) is 1.19. The zero-order valence-electron chi connectivity index (χ0n) is 8.98. The fourth-order valence-electron chi connectivity index (χ4n) is 1.19. The highest BCUT2D eigenvalue weighted by atomic mass is 19.1. The standard InChI is InChI=1S/C10H9FN4O2/c1-6-13-9(17-15-6)5-12-10(16)7-3-2-4-8(11)14-7/h2-4H,5H2,1H3,(H,12,16). The molecule has 7 heteroatoms. The molecule has 0 atom stereocenters. The van der Waals surface area contributed by atoms with Crippen molar-refractivity contribution in [3.8, 4) is 0 Å². The van der Waals surface area contributed by atoms with E-state index < -0.39 is 11.9 Å². The quantitative estimate of drug-likeness (QED) is 0.799. The SMILES string of the molecule is Cc1noc(CNC(=O)c2cccc(F)n2)n1. The molecule has 0 aliphatic heterocycles. The Labute approximate surface area is 95.9 Å². The van der Waals surface area contributed by atoms with Gasteiger partial charge in [-0.1, -0.05) is 11.2 Å². The number of pyridine rings is 1. The van der Waals surface area contributed by atoms with Crippen molar-refractivity contribution in [2.75, 3.05) is 0 Å². The van der Waals surface area contributed by atoms with E-state index in [1.165, 1.54) is 12.1 Å². The predicted octanol–water partition coefficient (Wildman–Crippen LogP) is 0.842. The van der Waals surface area contributed by atoms with Crippen LogP contribution in [0.2, 0.25) is 0 Å². The van der Waals surface area contributed by atoms with Crippen LogP contribution < -0.4 is 5.32 Å². The third kappa shape index (κ3) is 2.83. The Bertz CT molecular complexity index is 541. The highest BCUT2D eigenvalue weighted by Crippen LogP contribution is 1.99. The first-order chi connectivity index (χ1) is 8.15. The first-order valence-corrected chi connectivity index (χ1v) is 4.85. The topological polar surface area (TPSA) is 80.9 Å². The number of amides is 1. The van der Waals surface area contributed by atoms with Crippen LogP contribution in [0.25, 0.3) is 0 Å². The smallest absolute Gasteiger partial charge is 0.270 e. The maximum absolute atomic E-state index is 12.8. The Hall–Kier alpha value is -2.31. The Morgan fingerprint density at radius 3 is 2.94 bits per heavy atom. The van der Waals surface area contributed by atoms with Gasteiger partial charge in [0.15, 0.2) is 5.82 Å². The second kappa shape index (κ2) is 4.69. The van der Waals surface area contributed by atoms with E-state index in [1.807, 2.05) is 0 Å². The molecule has 1 amide bonds. The van der Waals surface area contributed by atoms with Gasteiger partial charge in [0.2, 0.25) is 11.8 Å². The van der Waals surface area contributed by atoms with E-state index in [0.717, 1.165) is 6.07 Å². The lowest BCUT2D eigenvalue weighted by atomic mass is 10.3. The fraction of sp³-hybridized carbons (Fsp3) is 0.200. The van der Waals surface area contributed by atoms with Crippen LogP contribution in [0.4, 0.5) is 4.39 Å². The second-order valence-corrected chi connectivity index (χ2v) is 3.26. The molecule has 0 aliphatic carbocycles. The summed E-state index contributed by atoms with van der Waals surface area (Å²) in [6.07, 6.45) is 0. The van der Waals surface area contributed by atoms with E-state index in [-0.39, 0.29) is 18.1 Å². The number of carbonyl (C=O) groups is 1. The summed E-state index contributed by atoms with van der Waals surface area (Å²) in [5.41, 5.74) is 0.00115. The minimum atomic E-state index is -0.703. The van der Waals surface area contributed by atoms with E-state index in [4.69, 9.17) is 4.52 Å². The Balaban J connectivity index is 1.98. The normalized spacial score (nSPS) is 10.2. The minimum Gasteiger partial charge on any atom is -0.342 e. The van der Waals surface area contributed by atoms with Gasteiger partial charge in [-0.05, 0) is 19.1 Å². The second-order valence-electron chi connectivity index (χ2n) is 3.26. The number of carbonyl (C=O) groups excluding carboxylic acids is 1. The van der Waals surface area contributed by atoms with Crippen LogP contribution in [-0.4, -0.2) is 21.0 Å². The van der Waals surface area contributed by atoms with Crippen LogP contribution in [0.5, 0.6) is 0 Å². The van der Waals surface area contributed by atoms with E-state index in [2.05, 4.69) is 20.4 Å². The van der Waals surface area contributed by atoms with Crippen LogP contribution in [0.1, 0.15) is 22.2 Å². The molecule has 0 radical (unpaired) electrons. The Morgan fingerprint density at radius 2 is 2.29 bits per heavy atom. The van der Waals surface area contributed by atoms with Crippen LogP contribution in [-0.2, 0) is 6.54 Å². The maximum atomic E-state index is 12.8. The monoisotopic (exact) mass is 236 g/mol. The summed E-state index contributed by atoms with van der Waals surface area (Å²) in [4.78, 5) is 18.9. The van der Waals surface area contributed by atoms with E-state index >= 15 is 0 Å². The lowest BCUT2D eigenvalue weighted by Gasteiger charge is -2.00. The molecular formula is C10H9FN4O2. The summed E-state index contributed by atoms with van der Waals surface area (Å²) in [5, 5.41) is 6.06. The number of nitrogens with one attached hydrogen (secondary N) is 1. The van der Waals surface area contributed by atoms with Crippen molar-refractivity contribution < 1.29 is 13.7 Å². The zero-order valence-corrected chi connectivity index (χ0v) is 8.98. The largest absolute Gasteiger partial charge is 0.342 e. The molecule has 0 unspecified atom stereocenters. The number of aromatic nitrogens is 3. The average Bonchev–Trinajstić information content (AvgIpc) is 2.72. The van der Waals surface area contributed by atoms with Gasteiger partial charge in [0, 0.05) is 0 Å². The van der Waals surface area contributed by atoms with Crippen molar-refractivity contribution in [2.45, 2.75) is 13.5 Å². The molecule has 0 saturated carbocycles. The molecule has 88 valence electrons. The van der Waals surface area contributed by atoms with E-state index in [0.29, 0.717) is 5.82 Å². The minimum absolute atomic E-state index is 0.00115. The highest BCUT2D eigenvalue weighted by Gasteiger charge is 2.09. The van der Waals surface area contributed by atoms with Gasteiger partial charge < -0.3 is 9.84 Å². The molecule has 1 N–H and O–H groups in total. The molecule has 0 bridgehead atoms. The lowest BCUT2D eigenvalue weighted by Crippen LogP contribution is -2.24. The van der Waals surface area contributed by atoms with Crippen LogP contribution in [0, 0.1) is 12.9 Å². The lowest BCUT2D eigenvalue weighted by molar-refractivity contribution is 0.0940. The summed E-state index contributed by atoms with van der Waals surface area (Å²) in [7, 11) is 0. The molecule has 0 saturated heterocycles. The van der Waals surface area contributed by atoms with Gasteiger partial charge in [0.05, 0.1) is 6.54 Å². The van der Waals surface area contributed by atoms with Crippen molar-refractivity contribution in [1.82, 2.24) is 20.4 Å². The molecule has 2 rings (SSSR count). The van der Waals surface area contributed by atoms with Gasteiger partial charge in [-0.25, -0.2) is 4.98 Å². The van der Waals surface area contributed by atoms with Gasteiger partial charge in [0.25, 0.3) is 5.91 Å². The van der Waals surface area contributed by atoms with Crippen LogP contribution in [0.3, 0.4) is 0 Å². The molecule has 2 aromatic rings. The van der Waals surface area contributed by atoms with Gasteiger partial charge in [-0.15, -0.1) is 0 Å². The molecule has 2 heterocycles. The maximum Gasteiger partial charge on any atom is 0.270 e. The summed E-state index contributed by atoms with van der Waals surface area (Å²) in [6, 6.07) is 3.99. The van der Waals surface area contributed by atoms with Crippen molar-refractivity contribution in [1.29, 1.82) is 0 Å². The average molecular weight is 236 g/mol. The Kier molecular flexibility index (Phi) is 3.08. The molecule has 0 spiro atoms. The first kappa shape index (κ1) is 11.2. The highest BCUT2D eigenvalue weighted by molar-refractivity contribution is 5.92. The number of rotatable bonds is 3. The summed E-state index contributed by atoms with van der Waals surface area (Å²) >= 11 is 0. The van der Waals surface area contributed by atoms with Gasteiger partial charge >= 0.3 is 0 Å². The van der Waals surface area contributed by atoms with E-state index in [9.17, 15) is 9.18 Å². The number of hydrogen-bond acceptors (Lipinski definition) is 5. The third-order valence-electron chi connectivity index (χ3n) is 1.92. The van der Waals surface area contributed by atoms with Gasteiger partial charge in [-0.3, -0.25) is 4.79 Å². The molecule has 2 aromatic heterocycles. The van der Waals surface area contributed by atoms with Crippen LogP contribution >= 0.6 is 0 Å². The van der Waals surface area contributed by atoms with E-state index in [1.54, 1.807) is 6.92 Å². The van der Waals surface area contributed by atoms with Crippen molar-refractivity contribution in [3.63, 3.8) is 0 Å². The molecule has 17 heavy (non-hydrogen) atoms. The predicted molar refractivity (Wildman–Crippen MR) is 54.4 cm³/mol. The molecule has 0 aromatic carbocycles. The first-order valence-electron chi connectivity index (χ1n) is 4.85. The molecule has 0 fully saturated rings. The van der Waals surface area contributed by atoms with Crippen molar-refractivity contribution in [3.05, 3.63) is 41.6 Å². The molecule has 0 aliphatic rings. The zero-order chi connectivity index (χ0) is 12.3. The molecule has 6 nitrogen and oxygen atoms in total. The summed E-state index contributed by atoms with van der Waals surface area (Å²) in [6.45, 7) is 1.75. The van der Waals surface area contributed by atoms with Gasteiger partial charge in [-0.2, -0.15) is 9.37 Å². The van der Waals surface area contributed by atoms with Gasteiger partial charge in [0.1, 0.15) is 5.69 Å². The number of halogens is 1. The number of aryl methyl sites for hydroxylation is 1. The third-order valence-corrected chi connectivity index (χ3v) is 1.92. The summed E-state index contributed by atoms with van der Waals surface area (Å²) in [5.74, 6) is -0.433. The summed E-state index contributed by atoms with van der Waals surface area (Å²) < 4.78 is 17.6. The number of hydrogen-bond donors (Lipinski definition) is 1. The Morgan fingerprint density at radius 1 is 1.47 bits per heavy atom. The van der Waals surface area contributed by atoms with Crippen LogP contribution in [0.15, 0.2) is 22.7 Å². The molecular weight excluding hydrogens is 227 g/mol. The van der Waals surface area contributed by atoms with Crippen molar-refractivity contribution in [2.24, 2.45) is 0 Å².